The Morgan fingerprint density at radius 2 is 1.88 bits per heavy atom. The van der Waals surface area contributed by atoms with Crippen LogP contribution in [0.4, 0.5) is 11.4 Å². The third-order valence-electron chi connectivity index (χ3n) is 3.59. The lowest BCUT2D eigenvalue weighted by Crippen LogP contribution is -2.34. The minimum atomic E-state index is -0.375. The molecule has 126 valence electrons. The monoisotopic (exact) mass is 324 g/mol. The lowest BCUT2D eigenvalue weighted by molar-refractivity contribution is -0.121. The zero-order valence-corrected chi connectivity index (χ0v) is 14.6. The topological polar surface area (TPSA) is 56.7 Å². The van der Waals surface area contributed by atoms with Gasteiger partial charge >= 0.3 is 0 Å². The van der Waals surface area contributed by atoms with Gasteiger partial charge in [-0.2, -0.15) is 5.10 Å². The third kappa shape index (κ3) is 5.12. The molecule has 0 bridgehead atoms. The lowest BCUT2D eigenvalue weighted by atomic mass is 10.2. The molecule has 0 aliphatic heterocycles. The minimum Gasteiger partial charge on any atom is -0.378 e. The van der Waals surface area contributed by atoms with Crippen LogP contribution in [0.2, 0.25) is 0 Å². The Morgan fingerprint density at radius 3 is 2.50 bits per heavy atom. The summed E-state index contributed by atoms with van der Waals surface area (Å²) in [4.78, 5) is 14.1. The number of anilines is 2. The highest BCUT2D eigenvalue weighted by atomic mass is 16.2. The van der Waals surface area contributed by atoms with Crippen LogP contribution in [0, 0.1) is 6.92 Å². The number of aryl methyl sites for hydroxylation is 1. The van der Waals surface area contributed by atoms with Gasteiger partial charge in [-0.1, -0.05) is 24.3 Å². The predicted molar refractivity (Wildman–Crippen MR) is 101 cm³/mol. The van der Waals surface area contributed by atoms with Gasteiger partial charge in [-0.05, 0) is 49.2 Å². The van der Waals surface area contributed by atoms with E-state index in [0.29, 0.717) is 0 Å². The molecule has 0 aliphatic carbocycles. The Kier molecular flexibility index (Phi) is 5.95. The summed E-state index contributed by atoms with van der Waals surface area (Å²) in [6.45, 7) is 3.82. The zero-order chi connectivity index (χ0) is 17.5. The molecule has 2 aromatic rings. The van der Waals surface area contributed by atoms with E-state index >= 15 is 0 Å². The SMILES string of the molecule is Cc1cccc(N[C@@H](C)C(=O)N/N=C\c2ccc(N(C)C)cc2)c1. The Morgan fingerprint density at radius 1 is 1.17 bits per heavy atom. The highest BCUT2D eigenvalue weighted by Gasteiger charge is 2.11. The molecule has 24 heavy (non-hydrogen) atoms. The quantitative estimate of drug-likeness (QED) is 0.634. The molecule has 0 aliphatic rings. The van der Waals surface area contributed by atoms with E-state index in [1.807, 2.05) is 74.4 Å². The van der Waals surface area contributed by atoms with Gasteiger partial charge in [0.25, 0.3) is 5.91 Å². The van der Waals surface area contributed by atoms with Gasteiger partial charge in [-0.3, -0.25) is 4.79 Å². The van der Waals surface area contributed by atoms with E-state index < -0.39 is 0 Å². The average Bonchev–Trinajstić information content (AvgIpc) is 2.55. The van der Waals surface area contributed by atoms with Crippen molar-refractivity contribution in [3.63, 3.8) is 0 Å². The van der Waals surface area contributed by atoms with Crippen LogP contribution in [0.25, 0.3) is 0 Å². The summed E-state index contributed by atoms with van der Waals surface area (Å²) in [5.41, 5.74) is 6.67. The van der Waals surface area contributed by atoms with Crippen LogP contribution < -0.4 is 15.6 Å². The van der Waals surface area contributed by atoms with Gasteiger partial charge in [0.05, 0.1) is 6.21 Å². The van der Waals surface area contributed by atoms with Crippen molar-refractivity contribution in [1.29, 1.82) is 0 Å². The molecule has 1 amide bonds. The number of hydrogen-bond acceptors (Lipinski definition) is 4. The molecule has 2 N–H and O–H groups in total. The molecule has 0 aromatic heterocycles. The van der Waals surface area contributed by atoms with Crippen LogP contribution >= 0.6 is 0 Å². The van der Waals surface area contributed by atoms with E-state index in [9.17, 15) is 4.79 Å². The summed E-state index contributed by atoms with van der Waals surface area (Å²) < 4.78 is 0. The second-order valence-corrected chi connectivity index (χ2v) is 5.96. The fraction of sp³-hybridized carbons (Fsp3) is 0.263. The summed E-state index contributed by atoms with van der Waals surface area (Å²) in [5.74, 6) is -0.183. The van der Waals surface area contributed by atoms with Crippen LogP contribution in [-0.2, 0) is 4.79 Å². The van der Waals surface area contributed by atoms with Crippen molar-refractivity contribution in [3.8, 4) is 0 Å². The van der Waals surface area contributed by atoms with Crippen LogP contribution in [0.15, 0.2) is 53.6 Å². The minimum absolute atomic E-state index is 0.183. The number of benzene rings is 2. The molecular weight excluding hydrogens is 300 g/mol. The number of carbonyl (C=O) groups is 1. The predicted octanol–water partition coefficient (Wildman–Crippen LogP) is 3.01. The first-order valence-electron chi connectivity index (χ1n) is 7.89. The average molecular weight is 324 g/mol. The molecule has 1 atom stereocenters. The molecule has 2 aromatic carbocycles. The van der Waals surface area contributed by atoms with Gasteiger partial charge in [0.2, 0.25) is 0 Å². The first-order valence-corrected chi connectivity index (χ1v) is 7.89. The fourth-order valence-corrected chi connectivity index (χ4v) is 2.18. The molecule has 0 unspecified atom stereocenters. The molecule has 2 rings (SSSR count). The van der Waals surface area contributed by atoms with E-state index in [2.05, 4.69) is 15.8 Å². The molecule has 0 fully saturated rings. The van der Waals surface area contributed by atoms with Gasteiger partial charge in [0.1, 0.15) is 6.04 Å². The van der Waals surface area contributed by atoms with E-state index in [-0.39, 0.29) is 11.9 Å². The number of hydrogen-bond donors (Lipinski definition) is 2. The first-order chi connectivity index (χ1) is 11.5. The Labute approximate surface area is 143 Å². The highest BCUT2D eigenvalue weighted by molar-refractivity contribution is 5.86. The lowest BCUT2D eigenvalue weighted by Gasteiger charge is -2.14. The second kappa shape index (κ2) is 8.15. The van der Waals surface area contributed by atoms with Gasteiger partial charge < -0.3 is 10.2 Å². The van der Waals surface area contributed by atoms with E-state index in [1.54, 1.807) is 13.1 Å². The van der Waals surface area contributed by atoms with Crippen LogP contribution in [0.3, 0.4) is 0 Å². The van der Waals surface area contributed by atoms with Gasteiger partial charge in [0, 0.05) is 25.5 Å². The fourth-order valence-electron chi connectivity index (χ4n) is 2.18. The van der Waals surface area contributed by atoms with Crippen LogP contribution in [-0.4, -0.2) is 32.3 Å². The maximum Gasteiger partial charge on any atom is 0.262 e. The Hall–Kier alpha value is -2.82. The Bertz CT molecular complexity index is 708. The van der Waals surface area contributed by atoms with E-state index in [4.69, 9.17) is 0 Å². The number of amides is 1. The maximum atomic E-state index is 12.1. The van der Waals surface area contributed by atoms with Crippen molar-refractivity contribution in [2.75, 3.05) is 24.3 Å². The molecule has 0 spiro atoms. The highest BCUT2D eigenvalue weighted by Crippen LogP contribution is 2.11. The smallest absolute Gasteiger partial charge is 0.262 e. The second-order valence-electron chi connectivity index (χ2n) is 5.96. The van der Waals surface area contributed by atoms with Crippen molar-refractivity contribution in [2.24, 2.45) is 5.10 Å². The van der Waals surface area contributed by atoms with Crippen molar-refractivity contribution in [3.05, 3.63) is 59.7 Å². The van der Waals surface area contributed by atoms with Gasteiger partial charge in [-0.15, -0.1) is 0 Å². The third-order valence-corrected chi connectivity index (χ3v) is 3.59. The molecule has 5 nitrogen and oxygen atoms in total. The maximum absolute atomic E-state index is 12.1. The molecule has 0 heterocycles. The summed E-state index contributed by atoms with van der Waals surface area (Å²) >= 11 is 0. The van der Waals surface area contributed by atoms with Crippen LogP contribution in [0.5, 0.6) is 0 Å². The summed E-state index contributed by atoms with van der Waals surface area (Å²) in [7, 11) is 3.98. The standard InChI is InChI=1S/C19H24N4O/c1-14-6-5-7-17(12-14)21-15(2)19(24)22-20-13-16-8-10-18(11-9-16)23(3)4/h5-13,15,21H,1-4H3,(H,22,24)/b20-13-/t15-/m0/s1. The number of rotatable bonds is 6. The zero-order valence-electron chi connectivity index (χ0n) is 14.6. The van der Waals surface area contributed by atoms with E-state index in [1.165, 1.54) is 0 Å². The summed E-state index contributed by atoms with van der Waals surface area (Å²) in [6, 6.07) is 15.5. The van der Waals surface area contributed by atoms with Crippen molar-refractivity contribution < 1.29 is 4.79 Å². The van der Waals surface area contributed by atoms with Crippen molar-refractivity contribution in [1.82, 2.24) is 5.43 Å². The first kappa shape index (κ1) is 17.5. The summed E-state index contributed by atoms with van der Waals surface area (Å²) in [6.07, 6.45) is 1.64. The Balaban J connectivity index is 1.87. The molecule has 0 saturated heterocycles. The van der Waals surface area contributed by atoms with Gasteiger partial charge in [0.15, 0.2) is 0 Å². The van der Waals surface area contributed by atoms with Crippen molar-refractivity contribution >= 4 is 23.5 Å². The normalized spacial score (nSPS) is 12.0. The number of hydrazone groups is 1. The largest absolute Gasteiger partial charge is 0.378 e. The van der Waals surface area contributed by atoms with Crippen molar-refractivity contribution in [2.45, 2.75) is 19.9 Å². The molecule has 5 heteroatoms. The summed E-state index contributed by atoms with van der Waals surface area (Å²) in [5, 5.41) is 7.18. The van der Waals surface area contributed by atoms with Gasteiger partial charge in [-0.25, -0.2) is 5.43 Å². The molecule has 0 saturated carbocycles. The number of nitrogens with zero attached hydrogens (tertiary/aromatic N) is 2. The molecular formula is C19H24N4O. The molecule has 0 radical (unpaired) electrons. The van der Waals surface area contributed by atoms with Crippen LogP contribution in [0.1, 0.15) is 18.1 Å². The number of nitrogens with one attached hydrogen (secondary N) is 2. The van der Waals surface area contributed by atoms with E-state index in [0.717, 1.165) is 22.5 Å². The number of carbonyl (C=O) groups excluding carboxylic acids is 1.